The van der Waals surface area contributed by atoms with Gasteiger partial charge in [0.15, 0.2) is 0 Å². The van der Waals surface area contributed by atoms with E-state index in [9.17, 15) is 9.59 Å². The first kappa shape index (κ1) is 12.9. The normalized spacial score (nSPS) is 9.86. The molecule has 0 unspecified atom stereocenters. The third kappa shape index (κ3) is 6.42. The molecule has 0 aliphatic rings. The zero-order chi connectivity index (χ0) is 11.0. The summed E-state index contributed by atoms with van der Waals surface area (Å²) < 4.78 is 5.07. The fourth-order valence-corrected chi connectivity index (χ4v) is 0.875. The number of carbonyl (C=O) groups excluding carboxylic acids is 1. The van der Waals surface area contributed by atoms with Crippen LogP contribution in [0.2, 0.25) is 0 Å². The van der Waals surface area contributed by atoms with Crippen molar-refractivity contribution in [2.45, 2.75) is 19.8 Å². The average Bonchev–Trinajstić information content (AvgIpc) is 2.14. The van der Waals surface area contributed by atoms with Gasteiger partial charge in [0, 0.05) is 26.6 Å². The summed E-state index contributed by atoms with van der Waals surface area (Å²) in [7, 11) is 1.64. The standard InChI is InChI=1S/C9H17NO4/c1-3-14-7-6-10(2)8(11)4-5-9(12)13/h3-7H2,1-2H3,(H,12,13). The van der Waals surface area contributed by atoms with Crippen LogP contribution >= 0.6 is 0 Å². The van der Waals surface area contributed by atoms with Gasteiger partial charge in [-0.2, -0.15) is 0 Å². The maximum atomic E-state index is 11.2. The van der Waals surface area contributed by atoms with Gasteiger partial charge in [-0.25, -0.2) is 0 Å². The molecule has 5 nitrogen and oxygen atoms in total. The quantitative estimate of drug-likeness (QED) is 0.606. The van der Waals surface area contributed by atoms with Crippen molar-refractivity contribution in [3.05, 3.63) is 0 Å². The molecule has 0 fully saturated rings. The number of nitrogens with zero attached hydrogens (tertiary/aromatic N) is 1. The molecule has 0 heterocycles. The minimum atomic E-state index is -0.948. The number of hydrogen-bond acceptors (Lipinski definition) is 3. The van der Waals surface area contributed by atoms with Gasteiger partial charge in [0.2, 0.25) is 5.91 Å². The monoisotopic (exact) mass is 203 g/mol. The summed E-state index contributed by atoms with van der Waals surface area (Å²) in [4.78, 5) is 22.9. The number of carboxylic acid groups (broad SMARTS) is 1. The second-order valence-corrected chi connectivity index (χ2v) is 2.91. The number of aliphatic carboxylic acids is 1. The maximum Gasteiger partial charge on any atom is 0.303 e. The molecule has 0 aromatic carbocycles. The molecule has 0 bridgehead atoms. The summed E-state index contributed by atoms with van der Waals surface area (Å²) in [5.41, 5.74) is 0. The lowest BCUT2D eigenvalue weighted by Crippen LogP contribution is -2.30. The van der Waals surface area contributed by atoms with E-state index in [-0.39, 0.29) is 18.7 Å². The van der Waals surface area contributed by atoms with Gasteiger partial charge in [0.25, 0.3) is 0 Å². The predicted octanol–water partition coefficient (Wildman–Crippen LogP) is 0.346. The first-order chi connectivity index (χ1) is 6.57. The fraction of sp³-hybridized carbons (Fsp3) is 0.778. The number of carboxylic acids is 1. The van der Waals surface area contributed by atoms with E-state index in [1.807, 2.05) is 6.92 Å². The molecule has 0 aliphatic heterocycles. The Balaban J connectivity index is 3.59. The molecule has 14 heavy (non-hydrogen) atoms. The lowest BCUT2D eigenvalue weighted by molar-refractivity contribution is -0.140. The molecular weight excluding hydrogens is 186 g/mol. The van der Waals surface area contributed by atoms with E-state index in [1.165, 1.54) is 4.90 Å². The van der Waals surface area contributed by atoms with Gasteiger partial charge >= 0.3 is 5.97 Å². The van der Waals surface area contributed by atoms with E-state index in [4.69, 9.17) is 9.84 Å². The third-order valence-electron chi connectivity index (χ3n) is 1.75. The molecule has 5 heteroatoms. The predicted molar refractivity (Wildman–Crippen MR) is 51.0 cm³/mol. The van der Waals surface area contributed by atoms with Crippen LogP contribution in [0.1, 0.15) is 19.8 Å². The van der Waals surface area contributed by atoms with Crippen molar-refractivity contribution in [1.82, 2.24) is 4.90 Å². The number of amides is 1. The van der Waals surface area contributed by atoms with Crippen LogP contribution in [0.4, 0.5) is 0 Å². The minimum absolute atomic E-state index is 0.0535. The Bertz CT molecular complexity index is 193. The Morgan fingerprint density at radius 1 is 1.36 bits per heavy atom. The SMILES string of the molecule is CCOCCN(C)C(=O)CCC(=O)O. The van der Waals surface area contributed by atoms with Gasteiger partial charge in [0.1, 0.15) is 0 Å². The van der Waals surface area contributed by atoms with E-state index < -0.39 is 5.97 Å². The third-order valence-corrected chi connectivity index (χ3v) is 1.75. The molecule has 0 atom stereocenters. The van der Waals surface area contributed by atoms with Crippen LogP contribution in [0.25, 0.3) is 0 Å². The van der Waals surface area contributed by atoms with Gasteiger partial charge in [-0.3, -0.25) is 9.59 Å². The van der Waals surface area contributed by atoms with Crippen molar-refractivity contribution in [2.75, 3.05) is 26.8 Å². The smallest absolute Gasteiger partial charge is 0.303 e. The Hall–Kier alpha value is -1.10. The van der Waals surface area contributed by atoms with E-state index in [1.54, 1.807) is 7.05 Å². The van der Waals surface area contributed by atoms with E-state index in [2.05, 4.69) is 0 Å². The van der Waals surface area contributed by atoms with E-state index in [0.717, 1.165) is 0 Å². The highest BCUT2D eigenvalue weighted by molar-refractivity contribution is 5.80. The highest BCUT2D eigenvalue weighted by Gasteiger charge is 2.09. The zero-order valence-electron chi connectivity index (χ0n) is 8.65. The van der Waals surface area contributed by atoms with Crippen molar-refractivity contribution in [3.8, 4) is 0 Å². The molecule has 82 valence electrons. The highest BCUT2D eigenvalue weighted by Crippen LogP contribution is 1.95. The lowest BCUT2D eigenvalue weighted by atomic mass is 10.3. The van der Waals surface area contributed by atoms with Gasteiger partial charge in [0.05, 0.1) is 13.0 Å². The molecular formula is C9H17NO4. The fourth-order valence-electron chi connectivity index (χ4n) is 0.875. The molecule has 1 amide bonds. The highest BCUT2D eigenvalue weighted by atomic mass is 16.5. The van der Waals surface area contributed by atoms with Crippen molar-refractivity contribution < 1.29 is 19.4 Å². The Morgan fingerprint density at radius 3 is 2.50 bits per heavy atom. The first-order valence-electron chi connectivity index (χ1n) is 4.61. The van der Waals surface area contributed by atoms with Crippen LogP contribution in [0.3, 0.4) is 0 Å². The van der Waals surface area contributed by atoms with Crippen molar-refractivity contribution in [1.29, 1.82) is 0 Å². The van der Waals surface area contributed by atoms with Gasteiger partial charge < -0.3 is 14.7 Å². The molecule has 0 aromatic heterocycles. The van der Waals surface area contributed by atoms with Crippen molar-refractivity contribution in [2.24, 2.45) is 0 Å². The number of carbonyl (C=O) groups is 2. The van der Waals surface area contributed by atoms with Gasteiger partial charge in [-0.15, -0.1) is 0 Å². The lowest BCUT2D eigenvalue weighted by Gasteiger charge is -2.16. The number of ether oxygens (including phenoxy) is 1. The molecule has 0 radical (unpaired) electrons. The molecule has 0 aromatic rings. The topological polar surface area (TPSA) is 66.8 Å². The largest absolute Gasteiger partial charge is 0.481 e. The molecule has 0 saturated carbocycles. The molecule has 0 saturated heterocycles. The van der Waals surface area contributed by atoms with Gasteiger partial charge in [-0.1, -0.05) is 0 Å². The summed E-state index contributed by atoms with van der Waals surface area (Å²) in [5, 5.41) is 8.36. The Kier molecular flexibility index (Phi) is 6.74. The summed E-state index contributed by atoms with van der Waals surface area (Å²) in [6.45, 7) is 3.50. The molecule has 1 N–H and O–H groups in total. The summed E-state index contributed by atoms with van der Waals surface area (Å²) >= 11 is 0. The zero-order valence-corrected chi connectivity index (χ0v) is 8.65. The summed E-state index contributed by atoms with van der Waals surface area (Å²) in [5.74, 6) is -1.11. The van der Waals surface area contributed by atoms with Crippen LogP contribution in [-0.4, -0.2) is 48.7 Å². The van der Waals surface area contributed by atoms with Crippen LogP contribution < -0.4 is 0 Å². The van der Waals surface area contributed by atoms with Crippen LogP contribution in [-0.2, 0) is 14.3 Å². The maximum absolute atomic E-state index is 11.2. The van der Waals surface area contributed by atoms with Crippen LogP contribution in [0, 0.1) is 0 Å². The first-order valence-corrected chi connectivity index (χ1v) is 4.61. The van der Waals surface area contributed by atoms with Crippen molar-refractivity contribution in [3.63, 3.8) is 0 Å². The Morgan fingerprint density at radius 2 is 2.00 bits per heavy atom. The second-order valence-electron chi connectivity index (χ2n) is 2.91. The van der Waals surface area contributed by atoms with Gasteiger partial charge in [-0.05, 0) is 6.92 Å². The number of likely N-dealkylation sites (N-methyl/N-ethyl adjacent to an activating group) is 1. The van der Waals surface area contributed by atoms with Crippen LogP contribution in [0.15, 0.2) is 0 Å². The van der Waals surface area contributed by atoms with Crippen molar-refractivity contribution >= 4 is 11.9 Å². The minimum Gasteiger partial charge on any atom is -0.481 e. The second kappa shape index (κ2) is 7.32. The number of hydrogen-bond donors (Lipinski definition) is 1. The Labute approximate surface area is 83.6 Å². The molecule has 0 rings (SSSR count). The van der Waals surface area contributed by atoms with E-state index in [0.29, 0.717) is 19.8 Å². The summed E-state index contributed by atoms with van der Waals surface area (Å²) in [6, 6.07) is 0. The van der Waals surface area contributed by atoms with Crippen LogP contribution in [0.5, 0.6) is 0 Å². The molecule has 0 spiro atoms. The molecule has 0 aliphatic carbocycles. The van der Waals surface area contributed by atoms with E-state index >= 15 is 0 Å². The summed E-state index contributed by atoms with van der Waals surface area (Å²) in [6.07, 6.45) is -0.0598. The average molecular weight is 203 g/mol. The number of rotatable bonds is 7.